The minimum absolute atomic E-state index is 0.0268. The van der Waals surface area contributed by atoms with Crippen molar-refractivity contribution in [2.75, 3.05) is 40.9 Å². The van der Waals surface area contributed by atoms with Crippen molar-refractivity contribution in [3.63, 3.8) is 0 Å². The molecule has 1 heterocycles. The highest BCUT2D eigenvalue weighted by Gasteiger charge is 2.30. The Bertz CT molecular complexity index is 1640. The third kappa shape index (κ3) is 5.72. The number of carbonyl (C=O) groups is 1. The van der Waals surface area contributed by atoms with E-state index in [9.17, 15) is 4.79 Å². The van der Waals surface area contributed by atoms with Crippen molar-refractivity contribution in [3.05, 3.63) is 121 Å². The molecule has 4 nitrogen and oxygen atoms in total. The molecule has 0 saturated carbocycles. The Morgan fingerprint density at radius 3 is 1.36 bits per heavy atom. The van der Waals surface area contributed by atoms with Gasteiger partial charge in [0.05, 0.1) is 11.4 Å². The third-order valence-electron chi connectivity index (χ3n) is 8.50. The Labute approximate surface area is 266 Å². The maximum atomic E-state index is 14.1. The molecule has 0 unspecified atom stereocenters. The zero-order valence-electron chi connectivity index (χ0n) is 26.0. The first-order valence-electron chi connectivity index (χ1n) is 15.6. The second-order valence-electron chi connectivity index (χ2n) is 10.9. The van der Waals surface area contributed by atoms with Crippen molar-refractivity contribution in [2.24, 2.45) is 0 Å². The summed E-state index contributed by atoms with van der Waals surface area (Å²) in [5, 5.41) is 0. The standard InChI is InChI=1S/C39H39N3OS/c1-5-40(6-2)33-20-14-28(15-21-33)31-18-24-35-37(26-31)44-38-27-32(29-16-22-34(23-17-29)41(7-3)8-4)19-25-36(38)42(35)39(43)30-12-10-9-11-13-30/h9-27H,5-8H2,1-4H3. The maximum absolute atomic E-state index is 14.1. The van der Waals surface area contributed by atoms with Gasteiger partial charge in [-0.15, -0.1) is 0 Å². The average Bonchev–Trinajstić information content (AvgIpc) is 3.08. The molecule has 0 aromatic heterocycles. The Morgan fingerprint density at radius 2 is 0.955 bits per heavy atom. The Kier molecular flexibility index (Phi) is 8.76. The Balaban J connectivity index is 1.39. The van der Waals surface area contributed by atoms with Crippen LogP contribution in [0.25, 0.3) is 22.3 Å². The van der Waals surface area contributed by atoms with Crippen LogP contribution in [0.5, 0.6) is 0 Å². The van der Waals surface area contributed by atoms with Gasteiger partial charge in [-0.05, 0) is 111 Å². The largest absolute Gasteiger partial charge is 0.372 e. The molecule has 222 valence electrons. The Morgan fingerprint density at radius 1 is 0.545 bits per heavy atom. The monoisotopic (exact) mass is 597 g/mol. The fraction of sp³-hybridized carbons (Fsp3) is 0.205. The smallest absolute Gasteiger partial charge is 0.262 e. The van der Waals surface area contributed by atoms with Gasteiger partial charge in [0.2, 0.25) is 0 Å². The topological polar surface area (TPSA) is 26.8 Å². The zero-order valence-corrected chi connectivity index (χ0v) is 26.8. The van der Waals surface area contributed by atoms with Crippen LogP contribution in [0.4, 0.5) is 22.7 Å². The van der Waals surface area contributed by atoms with Gasteiger partial charge >= 0.3 is 0 Å². The van der Waals surface area contributed by atoms with Crippen molar-refractivity contribution < 1.29 is 4.79 Å². The summed E-state index contributed by atoms with van der Waals surface area (Å²) in [6.07, 6.45) is 0. The number of rotatable bonds is 9. The van der Waals surface area contributed by atoms with E-state index in [1.807, 2.05) is 35.2 Å². The van der Waals surface area contributed by atoms with E-state index in [4.69, 9.17) is 0 Å². The quantitative estimate of drug-likeness (QED) is 0.169. The number of benzene rings is 5. The Hall–Kier alpha value is -4.48. The summed E-state index contributed by atoms with van der Waals surface area (Å²) in [6.45, 7) is 12.7. The van der Waals surface area contributed by atoms with Gasteiger partial charge in [0.25, 0.3) is 5.91 Å². The van der Waals surface area contributed by atoms with Crippen LogP contribution in [-0.2, 0) is 0 Å². The highest BCUT2D eigenvalue weighted by Crippen LogP contribution is 2.51. The first-order chi connectivity index (χ1) is 21.5. The van der Waals surface area contributed by atoms with E-state index in [0.717, 1.165) is 69.6 Å². The molecule has 0 spiro atoms. The van der Waals surface area contributed by atoms with E-state index in [1.165, 1.54) is 11.4 Å². The van der Waals surface area contributed by atoms with E-state index >= 15 is 0 Å². The van der Waals surface area contributed by atoms with Crippen LogP contribution in [-0.4, -0.2) is 32.1 Å². The van der Waals surface area contributed by atoms with Crippen LogP contribution in [0, 0.1) is 0 Å². The number of anilines is 4. The molecule has 5 aromatic rings. The van der Waals surface area contributed by atoms with Gasteiger partial charge in [0, 0.05) is 52.9 Å². The summed E-state index contributed by atoms with van der Waals surface area (Å²) in [4.78, 5) is 22.8. The summed E-state index contributed by atoms with van der Waals surface area (Å²) >= 11 is 1.74. The predicted molar refractivity (Wildman–Crippen MR) is 188 cm³/mol. The van der Waals surface area contributed by atoms with Crippen molar-refractivity contribution in [3.8, 4) is 22.3 Å². The lowest BCUT2D eigenvalue weighted by molar-refractivity contribution is 0.0998. The fourth-order valence-electron chi connectivity index (χ4n) is 6.00. The first-order valence-corrected chi connectivity index (χ1v) is 16.4. The van der Waals surface area contributed by atoms with Gasteiger partial charge in [-0.2, -0.15) is 0 Å². The number of hydrogen-bond acceptors (Lipinski definition) is 4. The van der Waals surface area contributed by atoms with Gasteiger partial charge in [-0.25, -0.2) is 0 Å². The van der Waals surface area contributed by atoms with Gasteiger partial charge < -0.3 is 9.80 Å². The van der Waals surface area contributed by atoms with Crippen LogP contribution in [0.2, 0.25) is 0 Å². The summed E-state index contributed by atoms with van der Waals surface area (Å²) in [5.74, 6) is -0.0268. The van der Waals surface area contributed by atoms with Crippen LogP contribution >= 0.6 is 11.8 Å². The maximum Gasteiger partial charge on any atom is 0.262 e. The molecule has 0 atom stereocenters. The van der Waals surface area contributed by atoms with Crippen molar-refractivity contribution in [1.29, 1.82) is 0 Å². The van der Waals surface area contributed by atoms with Crippen LogP contribution in [0.3, 0.4) is 0 Å². The molecule has 0 fully saturated rings. The molecular formula is C39H39N3OS. The molecule has 0 N–H and O–H groups in total. The van der Waals surface area contributed by atoms with Crippen LogP contribution in [0.15, 0.2) is 125 Å². The summed E-state index contributed by atoms with van der Waals surface area (Å²) in [7, 11) is 0. The summed E-state index contributed by atoms with van der Waals surface area (Å²) in [5.41, 5.74) is 9.57. The summed E-state index contributed by atoms with van der Waals surface area (Å²) in [6, 6.07) is 40.1. The SMILES string of the molecule is CCN(CC)c1ccc(-c2ccc3c(c2)Sc2cc(-c4ccc(N(CC)CC)cc4)ccc2N3C(=O)c2ccccc2)cc1. The number of hydrogen-bond donors (Lipinski definition) is 0. The first kappa shape index (κ1) is 29.6. The van der Waals surface area contributed by atoms with E-state index in [2.05, 4.69) is 122 Å². The van der Waals surface area contributed by atoms with Gasteiger partial charge in [-0.3, -0.25) is 9.69 Å². The number of fused-ring (bicyclic) bond motifs is 2. The lowest BCUT2D eigenvalue weighted by atomic mass is 10.0. The van der Waals surface area contributed by atoms with E-state index in [1.54, 1.807) is 11.8 Å². The molecule has 0 radical (unpaired) electrons. The molecule has 44 heavy (non-hydrogen) atoms. The van der Waals surface area contributed by atoms with Crippen molar-refractivity contribution in [2.45, 2.75) is 37.5 Å². The molecule has 1 amide bonds. The van der Waals surface area contributed by atoms with E-state index in [0.29, 0.717) is 5.56 Å². The minimum atomic E-state index is -0.0268. The average molecular weight is 598 g/mol. The van der Waals surface area contributed by atoms with Gasteiger partial charge in [0.1, 0.15) is 0 Å². The fourth-order valence-corrected chi connectivity index (χ4v) is 7.14. The molecule has 0 bridgehead atoms. The molecule has 1 aliphatic rings. The highest BCUT2D eigenvalue weighted by molar-refractivity contribution is 7.99. The minimum Gasteiger partial charge on any atom is -0.372 e. The van der Waals surface area contributed by atoms with E-state index < -0.39 is 0 Å². The van der Waals surface area contributed by atoms with Gasteiger partial charge in [0.15, 0.2) is 0 Å². The molecule has 1 aliphatic heterocycles. The molecule has 0 saturated heterocycles. The third-order valence-corrected chi connectivity index (χ3v) is 9.60. The molecule has 5 aromatic carbocycles. The predicted octanol–water partition coefficient (Wildman–Crippen LogP) is 10.2. The number of nitrogens with zero attached hydrogens (tertiary/aromatic N) is 3. The lowest BCUT2D eigenvalue weighted by Gasteiger charge is -2.32. The number of carbonyl (C=O) groups excluding carboxylic acids is 1. The van der Waals surface area contributed by atoms with E-state index in [-0.39, 0.29) is 5.91 Å². The lowest BCUT2D eigenvalue weighted by Crippen LogP contribution is -2.28. The second-order valence-corrected chi connectivity index (χ2v) is 12.0. The summed E-state index contributed by atoms with van der Waals surface area (Å²) < 4.78 is 0. The van der Waals surface area contributed by atoms with Crippen molar-refractivity contribution >= 4 is 40.4 Å². The molecule has 5 heteroatoms. The van der Waals surface area contributed by atoms with Crippen LogP contribution in [0.1, 0.15) is 38.1 Å². The van der Waals surface area contributed by atoms with Crippen LogP contribution < -0.4 is 14.7 Å². The molecular weight excluding hydrogens is 559 g/mol. The molecule has 6 rings (SSSR count). The second kappa shape index (κ2) is 13.0. The molecule has 0 aliphatic carbocycles. The highest BCUT2D eigenvalue weighted by atomic mass is 32.2. The number of amides is 1. The van der Waals surface area contributed by atoms with Gasteiger partial charge in [-0.1, -0.05) is 66.4 Å². The normalized spacial score (nSPS) is 12.0. The zero-order chi connectivity index (χ0) is 30.6. The van der Waals surface area contributed by atoms with Crippen molar-refractivity contribution in [1.82, 2.24) is 0 Å².